The minimum atomic E-state index is -2.30. The van der Waals surface area contributed by atoms with Gasteiger partial charge >= 0.3 is 0 Å². The zero-order chi connectivity index (χ0) is 6.08. The average Bonchev–Trinajstić information content (AvgIpc) is 1.31. The summed E-state index contributed by atoms with van der Waals surface area (Å²) in [5.74, 6) is 0. The summed E-state index contributed by atoms with van der Waals surface area (Å²) in [6, 6.07) is 0. The molecule has 0 rings (SSSR count). The van der Waals surface area contributed by atoms with Crippen LogP contribution in [0.4, 0.5) is 0 Å². The Hall–Kier alpha value is 0.904. The van der Waals surface area contributed by atoms with Crippen molar-refractivity contribution in [3.8, 4) is 0 Å². The predicted octanol–water partition coefficient (Wildman–Crippen LogP) is 1.25. The first-order chi connectivity index (χ1) is 2.94. The molecule has 0 radical (unpaired) electrons. The topological polar surface area (TPSA) is 37.3 Å². The fourth-order valence-electron chi connectivity index (χ4n) is 0. The SMILES string of the molecule is CC(C)(C)[PH](=O)O.[Ti]. The molecule has 0 aliphatic carbocycles. The maximum absolute atomic E-state index is 10.2. The zero-order valence-electron chi connectivity index (χ0n) is 5.36. The van der Waals surface area contributed by atoms with Crippen molar-refractivity contribution in [3.05, 3.63) is 0 Å². The van der Waals surface area contributed by atoms with Gasteiger partial charge in [0.15, 0.2) is 8.03 Å². The van der Waals surface area contributed by atoms with Crippen molar-refractivity contribution in [1.29, 1.82) is 0 Å². The van der Waals surface area contributed by atoms with Gasteiger partial charge in [-0.25, -0.2) is 0 Å². The second-order valence-corrected chi connectivity index (χ2v) is 4.67. The Morgan fingerprint density at radius 2 is 1.50 bits per heavy atom. The Morgan fingerprint density at radius 1 is 1.38 bits per heavy atom. The van der Waals surface area contributed by atoms with Crippen LogP contribution >= 0.6 is 8.03 Å². The summed E-state index contributed by atoms with van der Waals surface area (Å²) in [6.07, 6.45) is 0. The Morgan fingerprint density at radius 3 is 1.50 bits per heavy atom. The molecule has 0 spiro atoms. The third-order valence-electron chi connectivity index (χ3n) is 0.642. The maximum Gasteiger partial charge on any atom is 0.194 e. The molecule has 1 N–H and O–H groups in total. The molecule has 0 aliphatic heterocycles. The predicted molar refractivity (Wildman–Crippen MR) is 31.0 cm³/mol. The Balaban J connectivity index is 0. The molecule has 0 bridgehead atoms. The van der Waals surface area contributed by atoms with Crippen LogP contribution in [0.15, 0.2) is 0 Å². The van der Waals surface area contributed by atoms with E-state index >= 15 is 0 Å². The van der Waals surface area contributed by atoms with Gasteiger partial charge in [0.05, 0.1) is 0 Å². The van der Waals surface area contributed by atoms with Gasteiger partial charge in [0.1, 0.15) is 0 Å². The van der Waals surface area contributed by atoms with Crippen molar-refractivity contribution in [2.75, 3.05) is 0 Å². The molecule has 0 aliphatic rings. The van der Waals surface area contributed by atoms with Crippen LogP contribution in [-0.4, -0.2) is 10.0 Å². The molecule has 2 nitrogen and oxygen atoms in total. The molecule has 0 fully saturated rings. The Bertz CT molecular complexity index is 86.5. The van der Waals surface area contributed by atoms with Crippen molar-refractivity contribution in [2.45, 2.75) is 25.9 Å². The van der Waals surface area contributed by atoms with Crippen LogP contribution in [0.25, 0.3) is 0 Å². The van der Waals surface area contributed by atoms with Crippen LogP contribution < -0.4 is 0 Å². The summed E-state index contributed by atoms with van der Waals surface area (Å²) in [7, 11) is -2.30. The quantitative estimate of drug-likeness (QED) is 0.438. The van der Waals surface area contributed by atoms with E-state index in [1.54, 1.807) is 20.8 Å². The van der Waals surface area contributed by atoms with Crippen LogP contribution in [0.1, 0.15) is 20.8 Å². The van der Waals surface area contributed by atoms with E-state index in [0.29, 0.717) is 0 Å². The summed E-state index contributed by atoms with van der Waals surface area (Å²) in [5, 5.41) is -0.398. The van der Waals surface area contributed by atoms with Gasteiger partial charge in [-0.3, -0.25) is 4.57 Å². The van der Waals surface area contributed by atoms with E-state index in [1.165, 1.54) is 0 Å². The van der Waals surface area contributed by atoms with Gasteiger partial charge in [-0.15, -0.1) is 0 Å². The van der Waals surface area contributed by atoms with Crippen molar-refractivity contribution in [2.24, 2.45) is 0 Å². The van der Waals surface area contributed by atoms with E-state index < -0.39 is 13.2 Å². The molecular weight excluding hydrogens is 159 g/mol. The minimum absolute atomic E-state index is 0. The summed E-state index contributed by atoms with van der Waals surface area (Å²) >= 11 is 0. The molecule has 0 saturated carbocycles. The molecule has 8 heavy (non-hydrogen) atoms. The molecule has 0 saturated heterocycles. The normalized spacial score (nSPS) is 14.5. The molecule has 0 aromatic heterocycles. The van der Waals surface area contributed by atoms with Gasteiger partial charge < -0.3 is 4.89 Å². The second-order valence-electron chi connectivity index (χ2n) is 2.56. The first-order valence-electron chi connectivity index (χ1n) is 2.18. The molecule has 48 valence electrons. The molecule has 4 heteroatoms. The molecule has 1 unspecified atom stereocenters. The third-order valence-corrected chi connectivity index (χ3v) is 1.92. The molecule has 0 aromatic rings. The number of rotatable bonds is 0. The van der Waals surface area contributed by atoms with Gasteiger partial charge in [0.2, 0.25) is 0 Å². The summed E-state index contributed by atoms with van der Waals surface area (Å²) in [6.45, 7) is 5.23. The molecule has 0 heterocycles. The summed E-state index contributed by atoms with van der Waals surface area (Å²) < 4.78 is 10.2. The van der Waals surface area contributed by atoms with E-state index in [1.807, 2.05) is 0 Å². The van der Waals surface area contributed by atoms with Crippen molar-refractivity contribution >= 4 is 8.03 Å². The Kier molecular flexibility index (Phi) is 5.60. The minimum Gasteiger partial charge on any atom is -0.346 e. The van der Waals surface area contributed by atoms with E-state index in [-0.39, 0.29) is 21.7 Å². The molecule has 0 amide bonds. The zero-order valence-corrected chi connectivity index (χ0v) is 7.92. The Labute approximate surface area is 65.4 Å². The van der Waals surface area contributed by atoms with Gasteiger partial charge in [-0.1, -0.05) is 20.8 Å². The van der Waals surface area contributed by atoms with E-state index in [2.05, 4.69) is 0 Å². The second kappa shape index (κ2) is 3.84. The summed E-state index contributed by atoms with van der Waals surface area (Å²) in [4.78, 5) is 8.44. The smallest absolute Gasteiger partial charge is 0.194 e. The fourth-order valence-corrected chi connectivity index (χ4v) is 0. The van der Waals surface area contributed by atoms with Gasteiger partial charge in [0, 0.05) is 26.9 Å². The van der Waals surface area contributed by atoms with Crippen molar-refractivity contribution in [1.82, 2.24) is 0 Å². The number of hydrogen-bond donors (Lipinski definition) is 1. The summed E-state index contributed by atoms with van der Waals surface area (Å²) in [5.41, 5.74) is 0. The van der Waals surface area contributed by atoms with E-state index in [4.69, 9.17) is 4.89 Å². The van der Waals surface area contributed by atoms with E-state index in [0.717, 1.165) is 0 Å². The molecule has 0 aromatic carbocycles. The average molecular weight is 170 g/mol. The van der Waals surface area contributed by atoms with Crippen molar-refractivity contribution < 1.29 is 31.2 Å². The molecule has 1 atom stereocenters. The van der Waals surface area contributed by atoms with Crippen LogP contribution in [-0.2, 0) is 26.3 Å². The first kappa shape index (κ1) is 11.7. The van der Waals surface area contributed by atoms with Crippen LogP contribution in [0, 0.1) is 0 Å². The largest absolute Gasteiger partial charge is 0.346 e. The monoisotopic (exact) mass is 170 g/mol. The van der Waals surface area contributed by atoms with Gasteiger partial charge in [0.25, 0.3) is 0 Å². The molecular formula is C4H11O2PTi. The van der Waals surface area contributed by atoms with Crippen LogP contribution in [0.5, 0.6) is 0 Å². The van der Waals surface area contributed by atoms with E-state index in [9.17, 15) is 4.57 Å². The van der Waals surface area contributed by atoms with Gasteiger partial charge in [-0.05, 0) is 0 Å². The van der Waals surface area contributed by atoms with Crippen LogP contribution in [0.3, 0.4) is 0 Å². The van der Waals surface area contributed by atoms with Crippen molar-refractivity contribution in [3.63, 3.8) is 0 Å². The van der Waals surface area contributed by atoms with Crippen LogP contribution in [0.2, 0.25) is 0 Å². The third kappa shape index (κ3) is 5.05. The first-order valence-corrected chi connectivity index (χ1v) is 3.53. The fraction of sp³-hybridized carbons (Fsp3) is 1.00. The van der Waals surface area contributed by atoms with Gasteiger partial charge in [-0.2, -0.15) is 0 Å². The maximum atomic E-state index is 10.2. The number of hydrogen-bond acceptors (Lipinski definition) is 1. The standard InChI is InChI=1S/C4H11O2P.Ti/c1-4(2,3)7(5)6;/h7H,1-3H3,(H,5,6);.